The van der Waals surface area contributed by atoms with Gasteiger partial charge in [-0.3, -0.25) is 0 Å². The maximum Gasteiger partial charge on any atom is 0.126 e. The van der Waals surface area contributed by atoms with Gasteiger partial charge in [-0.2, -0.15) is 0 Å². The van der Waals surface area contributed by atoms with Gasteiger partial charge in [-0.05, 0) is 48.9 Å². The summed E-state index contributed by atoms with van der Waals surface area (Å²) in [5, 5.41) is 0. The van der Waals surface area contributed by atoms with Crippen molar-refractivity contribution in [2.75, 3.05) is 0 Å². The fourth-order valence-electron chi connectivity index (χ4n) is 1.60. The number of hydrogen-bond donors (Lipinski definition) is 0. The first kappa shape index (κ1) is 10.5. The van der Waals surface area contributed by atoms with Crippen molar-refractivity contribution in [1.82, 2.24) is 0 Å². The summed E-state index contributed by atoms with van der Waals surface area (Å²) in [5.41, 5.74) is 0.767. The highest BCUT2D eigenvalue weighted by molar-refractivity contribution is 5.30. The van der Waals surface area contributed by atoms with E-state index in [1.54, 1.807) is 6.07 Å². The molecule has 0 aromatic heterocycles. The minimum absolute atomic E-state index is 0.119. The van der Waals surface area contributed by atoms with E-state index in [1.807, 2.05) is 6.07 Å². The highest BCUT2D eigenvalue weighted by Crippen LogP contribution is 2.28. The van der Waals surface area contributed by atoms with E-state index in [0.29, 0.717) is 12.0 Å². The molecule has 0 unspecified atom stereocenters. The van der Waals surface area contributed by atoms with Crippen molar-refractivity contribution in [2.24, 2.45) is 5.92 Å². The third kappa shape index (κ3) is 2.95. The Balaban J connectivity index is 2.11. The van der Waals surface area contributed by atoms with E-state index in [9.17, 15) is 4.39 Å². The molecule has 0 amide bonds. The van der Waals surface area contributed by atoms with Gasteiger partial charge in [0, 0.05) is 0 Å². The van der Waals surface area contributed by atoms with Crippen LogP contribution in [0.2, 0.25) is 0 Å². The molecular formula is C13H17FO. The predicted octanol–water partition coefficient (Wildman–Crippen LogP) is 3.57. The lowest BCUT2D eigenvalue weighted by atomic mass is 10.0. The summed E-state index contributed by atoms with van der Waals surface area (Å²) in [7, 11) is 0. The Hall–Kier alpha value is -1.05. The van der Waals surface area contributed by atoms with Gasteiger partial charge in [-0.15, -0.1) is 0 Å². The molecule has 0 heterocycles. The lowest BCUT2D eigenvalue weighted by molar-refractivity contribution is 0.302. The maximum absolute atomic E-state index is 13.4. The Morgan fingerprint density at radius 1 is 1.40 bits per heavy atom. The maximum atomic E-state index is 13.4. The van der Waals surface area contributed by atoms with Gasteiger partial charge in [0.05, 0.1) is 6.10 Å². The standard InChI is InChI=1S/C13H17FO/c1-9(2)7-10-8-12(5-6-13(10)14)15-11-3-4-11/h5-6,8-9,11H,3-4,7H2,1-2H3. The van der Waals surface area contributed by atoms with Crippen LogP contribution in [0.25, 0.3) is 0 Å². The summed E-state index contributed by atoms with van der Waals surface area (Å²) in [6.07, 6.45) is 3.42. The first-order valence-electron chi connectivity index (χ1n) is 5.60. The van der Waals surface area contributed by atoms with Crippen LogP contribution in [0, 0.1) is 11.7 Å². The van der Waals surface area contributed by atoms with Crippen molar-refractivity contribution in [3.05, 3.63) is 29.6 Å². The van der Waals surface area contributed by atoms with Crippen LogP contribution in [-0.2, 0) is 6.42 Å². The first-order chi connectivity index (χ1) is 7.15. The molecule has 0 radical (unpaired) electrons. The molecule has 1 aromatic rings. The quantitative estimate of drug-likeness (QED) is 0.735. The Bertz CT molecular complexity index is 342. The molecule has 0 atom stereocenters. The molecule has 15 heavy (non-hydrogen) atoms. The minimum atomic E-state index is -0.119. The SMILES string of the molecule is CC(C)Cc1cc(OC2CC2)ccc1F. The first-order valence-corrected chi connectivity index (χ1v) is 5.60. The van der Waals surface area contributed by atoms with Crippen molar-refractivity contribution in [3.63, 3.8) is 0 Å². The molecular weight excluding hydrogens is 191 g/mol. The summed E-state index contributed by atoms with van der Waals surface area (Å²) in [6.45, 7) is 4.18. The van der Waals surface area contributed by atoms with E-state index >= 15 is 0 Å². The summed E-state index contributed by atoms with van der Waals surface area (Å²) in [4.78, 5) is 0. The molecule has 2 heteroatoms. The van der Waals surface area contributed by atoms with Crippen LogP contribution >= 0.6 is 0 Å². The van der Waals surface area contributed by atoms with Crippen molar-refractivity contribution in [3.8, 4) is 5.75 Å². The van der Waals surface area contributed by atoms with Crippen LogP contribution in [0.4, 0.5) is 4.39 Å². The van der Waals surface area contributed by atoms with Crippen LogP contribution < -0.4 is 4.74 Å². The number of rotatable bonds is 4. The van der Waals surface area contributed by atoms with Gasteiger partial charge in [0.15, 0.2) is 0 Å². The summed E-state index contributed by atoms with van der Waals surface area (Å²) >= 11 is 0. The molecule has 1 aliphatic rings. The van der Waals surface area contributed by atoms with Crippen LogP contribution in [0.5, 0.6) is 5.75 Å². The fourth-order valence-corrected chi connectivity index (χ4v) is 1.60. The molecule has 1 saturated carbocycles. The molecule has 1 nitrogen and oxygen atoms in total. The largest absolute Gasteiger partial charge is 0.490 e. The highest BCUT2D eigenvalue weighted by atomic mass is 19.1. The lowest BCUT2D eigenvalue weighted by Crippen LogP contribution is -2.00. The van der Waals surface area contributed by atoms with Crippen molar-refractivity contribution < 1.29 is 9.13 Å². The van der Waals surface area contributed by atoms with Gasteiger partial charge < -0.3 is 4.74 Å². The zero-order valence-electron chi connectivity index (χ0n) is 9.29. The van der Waals surface area contributed by atoms with Gasteiger partial charge in [0.2, 0.25) is 0 Å². The Morgan fingerprint density at radius 3 is 2.73 bits per heavy atom. The Kier molecular flexibility index (Phi) is 2.94. The van der Waals surface area contributed by atoms with E-state index in [-0.39, 0.29) is 5.82 Å². The number of benzene rings is 1. The van der Waals surface area contributed by atoms with Crippen molar-refractivity contribution in [1.29, 1.82) is 0 Å². The van der Waals surface area contributed by atoms with E-state index in [2.05, 4.69) is 13.8 Å². The summed E-state index contributed by atoms with van der Waals surface area (Å²) < 4.78 is 19.1. The molecule has 0 spiro atoms. The van der Waals surface area contributed by atoms with E-state index in [4.69, 9.17) is 4.74 Å². The van der Waals surface area contributed by atoms with Gasteiger partial charge in [-0.25, -0.2) is 4.39 Å². The molecule has 0 aliphatic heterocycles. The number of ether oxygens (including phenoxy) is 1. The number of halogens is 1. The zero-order valence-corrected chi connectivity index (χ0v) is 9.29. The van der Waals surface area contributed by atoms with Gasteiger partial charge in [0.25, 0.3) is 0 Å². The van der Waals surface area contributed by atoms with Crippen LogP contribution in [0.3, 0.4) is 0 Å². The third-order valence-electron chi connectivity index (χ3n) is 2.47. The van der Waals surface area contributed by atoms with Gasteiger partial charge in [-0.1, -0.05) is 13.8 Å². The third-order valence-corrected chi connectivity index (χ3v) is 2.47. The highest BCUT2D eigenvalue weighted by Gasteiger charge is 2.23. The lowest BCUT2D eigenvalue weighted by Gasteiger charge is -2.09. The smallest absolute Gasteiger partial charge is 0.126 e. The molecule has 0 bridgehead atoms. The Morgan fingerprint density at radius 2 is 2.13 bits per heavy atom. The van der Waals surface area contributed by atoms with Gasteiger partial charge in [0.1, 0.15) is 11.6 Å². The van der Waals surface area contributed by atoms with Gasteiger partial charge >= 0.3 is 0 Å². The fraction of sp³-hybridized carbons (Fsp3) is 0.538. The Labute approximate surface area is 90.3 Å². The summed E-state index contributed by atoms with van der Waals surface area (Å²) in [6, 6.07) is 5.07. The average Bonchev–Trinajstić information content (AvgIpc) is 2.94. The second-order valence-electron chi connectivity index (χ2n) is 4.67. The molecule has 0 N–H and O–H groups in total. The van der Waals surface area contributed by atoms with Crippen LogP contribution in [-0.4, -0.2) is 6.10 Å². The second-order valence-corrected chi connectivity index (χ2v) is 4.67. The van der Waals surface area contributed by atoms with E-state index < -0.39 is 0 Å². The molecule has 82 valence electrons. The second kappa shape index (κ2) is 4.21. The van der Waals surface area contributed by atoms with E-state index in [1.165, 1.54) is 6.07 Å². The molecule has 1 fully saturated rings. The zero-order chi connectivity index (χ0) is 10.8. The topological polar surface area (TPSA) is 9.23 Å². The monoisotopic (exact) mass is 208 g/mol. The predicted molar refractivity (Wildman–Crippen MR) is 58.6 cm³/mol. The summed E-state index contributed by atoms with van der Waals surface area (Å²) in [5.74, 6) is 1.16. The molecule has 1 aliphatic carbocycles. The van der Waals surface area contributed by atoms with Crippen LogP contribution in [0.15, 0.2) is 18.2 Å². The molecule has 0 saturated heterocycles. The van der Waals surface area contributed by atoms with Crippen LogP contribution in [0.1, 0.15) is 32.3 Å². The van der Waals surface area contributed by atoms with Crippen molar-refractivity contribution in [2.45, 2.75) is 39.2 Å². The normalized spacial score (nSPS) is 15.7. The molecule has 2 rings (SSSR count). The minimum Gasteiger partial charge on any atom is -0.490 e. The average molecular weight is 208 g/mol. The number of hydrogen-bond acceptors (Lipinski definition) is 1. The van der Waals surface area contributed by atoms with E-state index in [0.717, 1.165) is 30.6 Å². The molecule has 1 aromatic carbocycles. The van der Waals surface area contributed by atoms with Crippen molar-refractivity contribution >= 4 is 0 Å².